The van der Waals surface area contributed by atoms with E-state index in [1.165, 1.54) is 7.11 Å². The van der Waals surface area contributed by atoms with Gasteiger partial charge in [-0.25, -0.2) is 0 Å². The van der Waals surface area contributed by atoms with Crippen LogP contribution in [-0.4, -0.2) is 44.1 Å². The normalized spacial score (nSPS) is 11.3. The number of rotatable bonds is 8. The number of halogens is 2. The lowest BCUT2D eigenvalue weighted by Gasteiger charge is -2.22. The van der Waals surface area contributed by atoms with Gasteiger partial charge in [-0.05, 0) is 37.5 Å². The smallest absolute Gasteiger partial charge is 0.305 e. The summed E-state index contributed by atoms with van der Waals surface area (Å²) in [4.78, 5) is 17.7. The molecule has 0 amide bonds. The van der Waals surface area contributed by atoms with Crippen molar-refractivity contribution >= 4 is 35.1 Å². The van der Waals surface area contributed by atoms with Crippen LogP contribution in [0.4, 0.5) is 0 Å². The van der Waals surface area contributed by atoms with E-state index in [9.17, 15) is 4.79 Å². The van der Waals surface area contributed by atoms with Crippen molar-refractivity contribution in [3.8, 4) is 0 Å². The molecule has 134 valence electrons. The summed E-state index contributed by atoms with van der Waals surface area (Å²) in [5.41, 5.74) is 1.06. The van der Waals surface area contributed by atoms with Crippen LogP contribution in [0.25, 0.3) is 0 Å². The molecule has 0 unspecified atom stereocenters. The molecule has 0 fully saturated rings. The first-order valence-electron chi connectivity index (χ1n) is 7.98. The molecule has 0 aliphatic rings. The first-order chi connectivity index (χ1) is 11.5. The van der Waals surface area contributed by atoms with E-state index in [2.05, 4.69) is 15.0 Å². The zero-order valence-corrected chi connectivity index (χ0v) is 16.0. The highest BCUT2D eigenvalue weighted by Crippen LogP contribution is 2.23. The van der Waals surface area contributed by atoms with Crippen LogP contribution in [0.1, 0.15) is 31.7 Å². The number of methoxy groups -OCH3 is 1. The zero-order chi connectivity index (χ0) is 17.9. The third-order valence-electron chi connectivity index (χ3n) is 3.38. The fourth-order valence-electron chi connectivity index (χ4n) is 2.12. The fraction of sp³-hybridized carbons (Fsp3) is 0.529. The molecule has 0 aromatic heterocycles. The van der Waals surface area contributed by atoms with Crippen molar-refractivity contribution in [1.29, 1.82) is 0 Å². The highest BCUT2D eigenvalue weighted by Gasteiger charge is 2.08. The topological polar surface area (TPSA) is 53.9 Å². The summed E-state index contributed by atoms with van der Waals surface area (Å²) in [5, 5.41) is 4.36. The van der Waals surface area contributed by atoms with Gasteiger partial charge in [0.05, 0.1) is 17.2 Å². The molecule has 0 aliphatic carbocycles. The number of nitrogens with zero attached hydrogens (tertiary/aromatic N) is 2. The molecule has 24 heavy (non-hydrogen) atoms. The van der Waals surface area contributed by atoms with Gasteiger partial charge >= 0.3 is 5.97 Å². The van der Waals surface area contributed by atoms with Crippen LogP contribution >= 0.6 is 23.2 Å². The van der Waals surface area contributed by atoms with Crippen molar-refractivity contribution in [3.63, 3.8) is 0 Å². The lowest BCUT2D eigenvalue weighted by Crippen LogP contribution is -2.38. The molecule has 1 rings (SSSR count). The molecule has 0 radical (unpaired) electrons. The number of carbonyl (C=O) groups excluding carboxylic acids is 1. The lowest BCUT2D eigenvalue weighted by molar-refractivity contribution is -0.140. The lowest BCUT2D eigenvalue weighted by atomic mass is 10.2. The molecule has 0 atom stereocenters. The van der Waals surface area contributed by atoms with Crippen molar-refractivity contribution < 1.29 is 9.53 Å². The number of benzene rings is 1. The van der Waals surface area contributed by atoms with Crippen LogP contribution in [-0.2, 0) is 16.1 Å². The van der Waals surface area contributed by atoms with E-state index in [0.29, 0.717) is 29.6 Å². The van der Waals surface area contributed by atoms with Crippen molar-refractivity contribution in [2.45, 2.75) is 32.7 Å². The maximum atomic E-state index is 11.1. The maximum Gasteiger partial charge on any atom is 0.305 e. The number of hydrogen-bond donors (Lipinski definition) is 1. The fourth-order valence-corrected chi connectivity index (χ4v) is 2.45. The van der Waals surface area contributed by atoms with E-state index in [0.717, 1.165) is 30.9 Å². The number of hydrogen-bond acceptors (Lipinski definition) is 3. The van der Waals surface area contributed by atoms with Gasteiger partial charge in [-0.15, -0.1) is 0 Å². The minimum Gasteiger partial charge on any atom is -0.469 e. The number of guanidine groups is 1. The van der Waals surface area contributed by atoms with E-state index >= 15 is 0 Å². The molecule has 0 heterocycles. The molecule has 0 spiro atoms. The maximum absolute atomic E-state index is 11.1. The van der Waals surface area contributed by atoms with Crippen LogP contribution in [0.3, 0.4) is 0 Å². The average molecular weight is 374 g/mol. The Kier molecular flexibility index (Phi) is 9.57. The number of nitrogens with one attached hydrogen (secondary N) is 1. The van der Waals surface area contributed by atoms with E-state index in [-0.39, 0.29) is 5.97 Å². The highest BCUT2D eigenvalue weighted by molar-refractivity contribution is 6.42. The van der Waals surface area contributed by atoms with Crippen molar-refractivity contribution in [2.24, 2.45) is 4.99 Å². The Morgan fingerprint density at radius 1 is 1.29 bits per heavy atom. The highest BCUT2D eigenvalue weighted by atomic mass is 35.5. The third-order valence-corrected chi connectivity index (χ3v) is 4.12. The summed E-state index contributed by atoms with van der Waals surface area (Å²) >= 11 is 12.0. The SMILES string of the molecule is CCNC(=NCCCCC(=O)OC)N(C)Cc1ccc(Cl)c(Cl)c1. The first kappa shape index (κ1) is 20.6. The molecular weight excluding hydrogens is 349 g/mol. The Morgan fingerprint density at radius 3 is 2.67 bits per heavy atom. The summed E-state index contributed by atoms with van der Waals surface area (Å²) in [7, 11) is 3.38. The molecule has 1 aromatic carbocycles. The number of ether oxygens (including phenoxy) is 1. The van der Waals surface area contributed by atoms with E-state index < -0.39 is 0 Å². The third kappa shape index (κ3) is 7.41. The van der Waals surface area contributed by atoms with Gasteiger partial charge < -0.3 is 15.0 Å². The van der Waals surface area contributed by atoms with Crippen LogP contribution in [0.15, 0.2) is 23.2 Å². The van der Waals surface area contributed by atoms with Gasteiger partial charge in [0, 0.05) is 33.1 Å². The van der Waals surface area contributed by atoms with Crippen LogP contribution < -0.4 is 5.32 Å². The Morgan fingerprint density at radius 2 is 2.04 bits per heavy atom. The second kappa shape index (κ2) is 11.2. The summed E-state index contributed by atoms with van der Waals surface area (Å²) in [6.45, 7) is 4.14. The van der Waals surface area contributed by atoms with Gasteiger partial charge in [0.2, 0.25) is 0 Å². The molecule has 0 saturated carbocycles. The van der Waals surface area contributed by atoms with Gasteiger partial charge in [-0.1, -0.05) is 29.3 Å². The summed E-state index contributed by atoms with van der Waals surface area (Å²) in [6.07, 6.45) is 2.04. The van der Waals surface area contributed by atoms with E-state index in [4.69, 9.17) is 23.2 Å². The Labute approximate surface area is 154 Å². The molecule has 5 nitrogen and oxygen atoms in total. The van der Waals surface area contributed by atoms with Crippen LogP contribution in [0.2, 0.25) is 10.0 Å². The van der Waals surface area contributed by atoms with Crippen LogP contribution in [0.5, 0.6) is 0 Å². The predicted octanol–water partition coefficient (Wildman–Crippen LogP) is 3.73. The molecule has 0 bridgehead atoms. The van der Waals surface area contributed by atoms with Crippen molar-refractivity contribution in [1.82, 2.24) is 10.2 Å². The Hall–Kier alpha value is -1.46. The minimum atomic E-state index is -0.178. The number of carbonyl (C=O) groups is 1. The minimum absolute atomic E-state index is 0.178. The average Bonchev–Trinajstić information content (AvgIpc) is 2.56. The van der Waals surface area contributed by atoms with Crippen molar-refractivity contribution in [2.75, 3.05) is 27.2 Å². The number of unbranched alkanes of at least 4 members (excludes halogenated alkanes) is 1. The molecule has 0 aliphatic heterocycles. The quantitative estimate of drug-likeness (QED) is 0.326. The second-order valence-corrected chi connectivity index (χ2v) is 6.19. The molecule has 0 saturated heterocycles. The Balaban J connectivity index is 2.56. The van der Waals surface area contributed by atoms with E-state index in [1.54, 1.807) is 6.07 Å². The number of aliphatic imine (C=N–C) groups is 1. The largest absolute Gasteiger partial charge is 0.469 e. The monoisotopic (exact) mass is 373 g/mol. The van der Waals surface area contributed by atoms with Gasteiger partial charge in [0.1, 0.15) is 0 Å². The summed E-state index contributed by atoms with van der Waals surface area (Å²) in [5.74, 6) is 0.643. The molecule has 7 heteroatoms. The molecular formula is C17H25Cl2N3O2. The van der Waals surface area contributed by atoms with E-state index in [1.807, 2.05) is 31.0 Å². The summed E-state index contributed by atoms with van der Waals surface area (Å²) in [6, 6.07) is 5.61. The summed E-state index contributed by atoms with van der Waals surface area (Å²) < 4.78 is 4.62. The molecule has 1 aromatic rings. The standard InChI is InChI=1S/C17H25Cl2N3O2/c1-4-20-17(21-10-6-5-7-16(23)24-3)22(2)12-13-8-9-14(18)15(19)11-13/h8-9,11H,4-7,10,12H2,1-3H3,(H,20,21). The zero-order valence-electron chi connectivity index (χ0n) is 14.4. The second-order valence-electron chi connectivity index (χ2n) is 5.37. The number of esters is 1. The van der Waals surface area contributed by atoms with Crippen LogP contribution in [0, 0.1) is 0 Å². The van der Waals surface area contributed by atoms with Gasteiger partial charge in [0.15, 0.2) is 5.96 Å². The first-order valence-corrected chi connectivity index (χ1v) is 8.73. The van der Waals surface area contributed by atoms with Gasteiger partial charge in [-0.3, -0.25) is 9.79 Å². The molecule has 1 N–H and O–H groups in total. The van der Waals surface area contributed by atoms with Gasteiger partial charge in [-0.2, -0.15) is 0 Å². The van der Waals surface area contributed by atoms with Crippen molar-refractivity contribution in [3.05, 3.63) is 33.8 Å². The Bertz CT molecular complexity index is 565. The predicted molar refractivity (Wildman–Crippen MR) is 99.8 cm³/mol. The van der Waals surface area contributed by atoms with Gasteiger partial charge in [0.25, 0.3) is 0 Å².